The topological polar surface area (TPSA) is 91.6 Å². The van der Waals surface area contributed by atoms with Crippen molar-refractivity contribution < 1.29 is 9.90 Å². The summed E-state index contributed by atoms with van der Waals surface area (Å²) < 4.78 is 0. The van der Waals surface area contributed by atoms with Crippen molar-refractivity contribution in [2.24, 2.45) is 0 Å². The van der Waals surface area contributed by atoms with Gasteiger partial charge in [-0.25, -0.2) is 0 Å². The van der Waals surface area contributed by atoms with E-state index in [9.17, 15) is 15.2 Å². The first-order chi connectivity index (χ1) is 11.6. The minimum atomic E-state index is -0.377. The van der Waals surface area contributed by atoms with Crippen LogP contribution in [0.1, 0.15) is 0 Å². The largest absolute Gasteiger partial charge is 0.508 e. The summed E-state index contributed by atoms with van der Waals surface area (Å²) in [7, 11) is 1.75. The Morgan fingerprint density at radius 2 is 2.08 bits per heavy atom. The van der Waals surface area contributed by atoms with E-state index in [0.717, 1.165) is 38.4 Å². The molecule has 128 valence electrons. The Morgan fingerprint density at radius 3 is 2.71 bits per heavy atom. The zero-order valence-electron chi connectivity index (χ0n) is 13.8. The standard InChI is InChI=1S/C17H23N5O2/c1-21(15-2-4-16(23)5-3-15)13-14(12-18)17(24)20-8-11-22-9-6-19-7-10-22/h2-5,13,19,23H,6-11H2,1H3,(H,20,24)/b14-13-. The van der Waals surface area contributed by atoms with E-state index in [4.69, 9.17) is 0 Å². The van der Waals surface area contributed by atoms with E-state index in [1.807, 2.05) is 6.07 Å². The van der Waals surface area contributed by atoms with E-state index in [1.54, 1.807) is 36.2 Å². The van der Waals surface area contributed by atoms with Crippen molar-refractivity contribution in [3.8, 4) is 11.8 Å². The summed E-state index contributed by atoms with van der Waals surface area (Å²) in [6, 6.07) is 8.47. The van der Waals surface area contributed by atoms with Crippen molar-refractivity contribution in [3.05, 3.63) is 36.0 Å². The molecule has 0 aliphatic carbocycles. The molecule has 1 amide bonds. The van der Waals surface area contributed by atoms with Gasteiger partial charge < -0.3 is 20.6 Å². The van der Waals surface area contributed by atoms with Gasteiger partial charge in [0.2, 0.25) is 0 Å². The molecule has 0 saturated carbocycles. The number of phenolic OH excluding ortho intramolecular Hbond substituents is 1. The molecule has 0 unspecified atom stereocenters. The Kier molecular flexibility index (Phi) is 6.61. The van der Waals surface area contributed by atoms with Crippen molar-refractivity contribution >= 4 is 11.6 Å². The van der Waals surface area contributed by atoms with Gasteiger partial charge in [0.1, 0.15) is 17.4 Å². The molecule has 1 fully saturated rings. The number of anilines is 1. The average Bonchev–Trinajstić information content (AvgIpc) is 2.60. The molecule has 0 bridgehead atoms. The molecule has 0 spiro atoms. The minimum absolute atomic E-state index is 0.0471. The molecule has 1 aliphatic heterocycles. The Labute approximate surface area is 142 Å². The second-order valence-electron chi connectivity index (χ2n) is 5.63. The second-order valence-corrected chi connectivity index (χ2v) is 5.63. The molecule has 3 N–H and O–H groups in total. The number of carbonyl (C=O) groups is 1. The third-order valence-corrected chi connectivity index (χ3v) is 3.87. The third-order valence-electron chi connectivity index (χ3n) is 3.87. The number of nitriles is 1. The summed E-state index contributed by atoms with van der Waals surface area (Å²) >= 11 is 0. The van der Waals surface area contributed by atoms with E-state index >= 15 is 0 Å². The Bertz CT molecular complexity index is 615. The van der Waals surface area contributed by atoms with Crippen LogP contribution < -0.4 is 15.5 Å². The normalized spacial score (nSPS) is 15.6. The molecular weight excluding hydrogens is 306 g/mol. The van der Waals surface area contributed by atoms with Crippen LogP contribution in [0, 0.1) is 11.3 Å². The van der Waals surface area contributed by atoms with Crippen LogP contribution in [-0.4, -0.2) is 62.2 Å². The molecule has 1 saturated heterocycles. The number of amides is 1. The first kappa shape index (κ1) is 17.8. The van der Waals surface area contributed by atoms with E-state index in [-0.39, 0.29) is 17.2 Å². The van der Waals surface area contributed by atoms with Crippen molar-refractivity contribution in [1.29, 1.82) is 5.26 Å². The first-order valence-corrected chi connectivity index (χ1v) is 7.95. The molecule has 1 aliphatic rings. The molecule has 1 heterocycles. The molecule has 24 heavy (non-hydrogen) atoms. The van der Waals surface area contributed by atoms with E-state index in [1.165, 1.54) is 6.20 Å². The maximum atomic E-state index is 12.1. The van der Waals surface area contributed by atoms with Gasteiger partial charge >= 0.3 is 0 Å². The predicted octanol–water partition coefficient (Wildman–Crippen LogP) is 0.257. The van der Waals surface area contributed by atoms with Crippen molar-refractivity contribution in [1.82, 2.24) is 15.5 Å². The lowest BCUT2D eigenvalue weighted by Crippen LogP contribution is -2.46. The number of rotatable bonds is 6. The number of benzene rings is 1. The predicted molar refractivity (Wildman–Crippen MR) is 92.5 cm³/mol. The quantitative estimate of drug-likeness (QED) is 0.512. The lowest BCUT2D eigenvalue weighted by Gasteiger charge is -2.27. The highest BCUT2D eigenvalue weighted by molar-refractivity contribution is 5.97. The van der Waals surface area contributed by atoms with Crippen molar-refractivity contribution in [2.45, 2.75) is 0 Å². The molecule has 0 radical (unpaired) electrons. The SMILES string of the molecule is CN(/C=C(/C#N)C(=O)NCCN1CCNCC1)c1ccc(O)cc1. The fourth-order valence-corrected chi connectivity index (χ4v) is 2.45. The summed E-state index contributed by atoms with van der Waals surface area (Å²) in [6.07, 6.45) is 1.49. The number of phenols is 1. The van der Waals surface area contributed by atoms with Gasteiger partial charge in [0.05, 0.1) is 0 Å². The molecule has 0 atom stereocenters. The molecule has 7 heteroatoms. The lowest BCUT2D eigenvalue weighted by molar-refractivity contribution is -0.117. The van der Waals surface area contributed by atoms with Gasteiger partial charge in [-0.3, -0.25) is 9.69 Å². The number of carbonyl (C=O) groups excluding carboxylic acids is 1. The van der Waals surface area contributed by atoms with Gasteiger partial charge in [0, 0.05) is 58.2 Å². The van der Waals surface area contributed by atoms with E-state index < -0.39 is 0 Å². The van der Waals surface area contributed by atoms with Crippen LogP contribution in [-0.2, 0) is 4.79 Å². The third kappa shape index (κ3) is 5.26. The summed E-state index contributed by atoms with van der Waals surface area (Å²) in [5, 5.41) is 24.6. The lowest BCUT2D eigenvalue weighted by atomic mass is 10.2. The molecular formula is C17H23N5O2. The smallest absolute Gasteiger partial charge is 0.263 e. The molecule has 0 aromatic heterocycles. The summed E-state index contributed by atoms with van der Waals surface area (Å²) in [4.78, 5) is 16.1. The van der Waals surface area contributed by atoms with Crippen LogP contribution >= 0.6 is 0 Å². The average molecular weight is 329 g/mol. The van der Waals surface area contributed by atoms with E-state index in [0.29, 0.717) is 6.54 Å². The highest BCUT2D eigenvalue weighted by atomic mass is 16.3. The van der Waals surface area contributed by atoms with Crippen molar-refractivity contribution in [3.63, 3.8) is 0 Å². The Hall–Kier alpha value is -2.56. The van der Waals surface area contributed by atoms with Gasteiger partial charge in [-0.1, -0.05) is 0 Å². The summed E-state index contributed by atoms with van der Waals surface area (Å²) in [5.41, 5.74) is 0.819. The number of nitrogens with one attached hydrogen (secondary N) is 2. The van der Waals surface area contributed by atoms with Crippen LogP contribution in [0.3, 0.4) is 0 Å². The maximum absolute atomic E-state index is 12.1. The van der Waals surface area contributed by atoms with Crippen LogP contribution in [0.4, 0.5) is 5.69 Å². The van der Waals surface area contributed by atoms with Crippen LogP contribution in [0.25, 0.3) is 0 Å². The highest BCUT2D eigenvalue weighted by Gasteiger charge is 2.12. The Morgan fingerprint density at radius 1 is 1.42 bits per heavy atom. The van der Waals surface area contributed by atoms with Gasteiger partial charge in [0.25, 0.3) is 5.91 Å². The number of piperazine rings is 1. The van der Waals surface area contributed by atoms with Crippen LogP contribution in [0.2, 0.25) is 0 Å². The molecule has 2 rings (SSSR count). The number of hydrogen-bond donors (Lipinski definition) is 3. The number of aromatic hydroxyl groups is 1. The summed E-state index contributed by atoms with van der Waals surface area (Å²) in [5.74, 6) is -0.208. The van der Waals surface area contributed by atoms with Gasteiger partial charge in [-0.15, -0.1) is 0 Å². The fraction of sp³-hybridized carbons (Fsp3) is 0.412. The minimum Gasteiger partial charge on any atom is -0.508 e. The highest BCUT2D eigenvalue weighted by Crippen LogP contribution is 2.17. The number of nitrogens with zero attached hydrogens (tertiary/aromatic N) is 3. The van der Waals surface area contributed by atoms with Gasteiger partial charge in [-0.2, -0.15) is 5.26 Å². The van der Waals surface area contributed by atoms with Crippen LogP contribution in [0.5, 0.6) is 5.75 Å². The first-order valence-electron chi connectivity index (χ1n) is 7.95. The fourth-order valence-electron chi connectivity index (χ4n) is 2.45. The van der Waals surface area contributed by atoms with E-state index in [2.05, 4.69) is 15.5 Å². The van der Waals surface area contributed by atoms with Gasteiger partial charge in [0.15, 0.2) is 0 Å². The molecule has 7 nitrogen and oxygen atoms in total. The zero-order valence-corrected chi connectivity index (χ0v) is 13.8. The molecule has 1 aromatic rings. The zero-order chi connectivity index (χ0) is 17.4. The number of hydrogen-bond acceptors (Lipinski definition) is 6. The maximum Gasteiger partial charge on any atom is 0.263 e. The summed E-state index contributed by atoms with van der Waals surface area (Å²) in [6.45, 7) is 5.17. The second kappa shape index (κ2) is 8.91. The monoisotopic (exact) mass is 329 g/mol. The van der Waals surface area contributed by atoms with Gasteiger partial charge in [-0.05, 0) is 24.3 Å². The Balaban J connectivity index is 1.87. The molecule has 1 aromatic carbocycles. The van der Waals surface area contributed by atoms with Crippen LogP contribution in [0.15, 0.2) is 36.0 Å². The van der Waals surface area contributed by atoms with Crippen molar-refractivity contribution in [2.75, 3.05) is 51.2 Å².